The Labute approximate surface area is 165 Å². The third-order valence-corrected chi connectivity index (χ3v) is 3.35. The van der Waals surface area contributed by atoms with Crippen LogP contribution in [-0.4, -0.2) is 39.8 Å². The zero-order valence-electron chi connectivity index (χ0n) is 16.8. The van der Waals surface area contributed by atoms with Crippen molar-refractivity contribution in [3.63, 3.8) is 0 Å². The predicted molar refractivity (Wildman–Crippen MR) is 105 cm³/mol. The Balaban J connectivity index is -0.000000153. The topological polar surface area (TPSA) is 42.3 Å². The molecule has 0 aromatic rings. The molecule has 0 aromatic heterocycles. The normalized spacial score (nSPS) is 14.0. The Morgan fingerprint density at radius 1 is 1.04 bits per heavy atom. The molecule has 1 aliphatic rings. The molecule has 2 atom stereocenters. The Morgan fingerprint density at radius 2 is 1.52 bits per heavy atom. The molecule has 0 heterocycles. The summed E-state index contributed by atoms with van der Waals surface area (Å²) >= 11 is 0. The summed E-state index contributed by atoms with van der Waals surface area (Å²) in [5, 5.41) is 12.1. The number of allylic oxidation sites excluding steroid dienone is 3. The molecule has 0 aromatic carbocycles. The van der Waals surface area contributed by atoms with Crippen molar-refractivity contribution >= 4 is 0 Å². The number of hydrogen-bond donors (Lipinski definition) is 0. The van der Waals surface area contributed by atoms with E-state index >= 15 is 0 Å². The van der Waals surface area contributed by atoms with Crippen molar-refractivity contribution in [1.29, 1.82) is 0 Å². The molecule has 0 saturated carbocycles. The van der Waals surface area contributed by atoms with Crippen molar-refractivity contribution in [3.05, 3.63) is 47.2 Å². The molecule has 0 spiro atoms. The molecule has 0 saturated heterocycles. The van der Waals surface area contributed by atoms with Gasteiger partial charge in [0.15, 0.2) is 0 Å². The van der Waals surface area contributed by atoms with Gasteiger partial charge >= 0.3 is 25.8 Å². The zero-order valence-corrected chi connectivity index (χ0v) is 20.4. The summed E-state index contributed by atoms with van der Waals surface area (Å²) < 4.78 is 0. The minimum atomic E-state index is 0. The second-order valence-corrected chi connectivity index (χ2v) is 5.16. The third-order valence-electron chi connectivity index (χ3n) is 3.35. The van der Waals surface area contributed by atoms with Crippen molar-refractivity contribution in [2.75, 3.05) is 33.7 Å². The van der Waals surface area contributed by atoms with Gasteiger partial charge in [0.1, 0.15) is 0 Å². The van der Waals surface area contributed by atoms with E-state index in [0.29, 0.717) is 12.0 Å². The van der Waals surface area contributed by atoms with Crippen LogP contribution in [0.4, 0.5) is 0 Å². The van der Waals surface area contributed by atoms with Crippen LogP contribution in [-0.2, 0) is 25.8 Å². The van der Waals surface area contributed by atoms with E-state index in [-0.39, 0.29) is 33.3 Å². The van der Waals surface area contributed by atoms with E-state index in [2.05, 4.69) is 54.9 Å². The Hall–Kier alpha value is 0.230. The molecule has 1 aliphatic carbocycles. The molecule has 4 heteroatoms. The molecule has 3 nitrogen and oxygen atoms in total. The Morgan fingerprint density at radius 3 is 1.83 bits per heavy atom. The SMILES string of the molecule is CCC(C)[N-]CC(C)C1=CC=CC1.CC[N-]C.CC[N-]C.[CH3-].[Hf+4]. The van der Waals surface area contributed by atoms with Gasteiger partial charge in [-0.15, -0.1) is 12.6 Å². The summed E-state index contributed by atoms with van der Waals surface area (Å²) in [7, 11) is 3.61. The van der Waals surface area contributed by atoms with Gasteiger partial charge in [-0.1, -0.05) is 64.8 Å². The minimum absolute atomic E-state index is 0. The largest absolute Gasteiger partial charge is 4.00 e. The van der Waals surface area contributed by atoms with Crippen LogP contribution < -0.4 is 0 Å². The molecule has 0 N–H and O–H groups in total. The molecule has 0 aliphatic heterocycles. The summed E-state index contributed by atoms with van der Waals surface area (Å²) in [6.45, 7) is 13.6. The van der Waals surface area contributed by atoms with Crippen LogP contribution in [0.1, 0.15) is 47.5 Å². The minimum Gasteiger partial charge on any atom is -0.665 e. The number of hydrogen-bond acceptors (Lipinski definition) is 0. The van der Waals surface area contributed by atoms with E-state index in [1.165, 1.54) is 5.57 Å². The molecule has 134 valence electrons. The van der Waals surface area contributed by atoms with E-state index in [0.717, 1.165) is 32.5 Å². The van der Waals surface area contributed by atoms with Crippen LogP contribution >= 0.6 is 0 Å². The van der Waals surface area contributed by atoms with Gasteiger partial charge in [0, 0.05) is 0 Å². The first-order valence-corrected chi connectivity index (χ1v) is 8.20. The monoisotopic (exact) mass is 489 g/mol. The average molecular weight is 488 g/mol. The van der Waals surface area contributed by atoms with E-state index in [4.69, 9.17) is 0 Å². The first-order chi connectivity index (χ1) is 10.1. The standard InChI is InChI=1S/C12H20N.2C3H8N.CH3.Hf/c1-4-11(3)13-9-10(2)12-7-5-6-8-12;2*1-3-4-2;;/h5-7,10-11H,4,8-9H2,1-3H3;2*3H2,1-2H3;1H3;/q4*-1;+4. The average Bonchev–Trinajstić information content (AvgIpc) is 3.07. The van der Waals surface area contributed by atoms with Crippen molar-refractivity contribution in [2.45, 2.75) is 53.5 Å². The van der Waals surface area contributed by atoms with Gasteiger partial charge in [0.2, 0.25) is 0 Å². The fraction of sp³-hybridized carbons (Fsp3) is 0.737. The van der Waals surface area contributed by atoms with Crippen LogP contribution in [0, 0.1) is 13.3 Å². The first-order valence-electron chi connectivity index (χ1n) is 8.20. The molecule has 23 heavy (non-hydrogen) atoms. The fourth-order valence-electron chi connectivity index (χ4n) is 1.41. The number of nitrogens with zero attached hydrogens (tertiary/aromatic N) is 3. The van der Waals surface area contributed by atoms with Gasteiger partial charge in [-0.25, -0.2) is 0 Å². The van der Waals surface area contributed by atoms with E-state index < -0.39 is 0 Å². The zero-order chi connectivity index (χ0) is 16.5. The predicted octanol–water partition coefficient (Wildman–Crippen LogP) is 6.15. The van der Waals surface area contributed by atoms with E-state index in [1.807, 2.05) is 13.8 Å². The van der Waals surface area contributed by atoms with Gasteiger partial charge in [-0.05, 0) is 12.3 Å². The van der Waals surface area contributed by atoms with Crippen LogP contribution in [0.5, 0.6) is 0 Å². The summed E-state index contributed by atoms with van der Waals surface area (Å²) in [6, 6.07) is 0.525. The van der Waals surface area contributed by atoms with Gasteiger partial charge in [-0.3, -0.25) is 0 Å². The molecule has 2 unspecified atom stereocenters. The molecule has 1 rings (SSSR count). The van der Waals surface area contributed by atoms with Crippen LogP contribution in [0.3, 0.4) is 0 Å². The van der Waals surface area contributed by atoms with Gasteiger partial charge in [0.25, 0.3) is 0 Å². The quantitative estimate of drug-likeness (QED) is 0.305. The van der Waals surface area contributed by atoms with Crippen molar-refractivity contribution in [3.8, 4) is 0 Å². The van der Waals surface area contributed by atoms with E-state index in [9.17, 15) is 0 Å². The molecular formula is C19H39HfN3. The van der Waals surface area contributed by atoms with Crippen LogP contribution in [0.2, 0.25) is 0 Å². The fourth-order valence-corrected chi connectivity index (χ4v) is 1.41. The van der Waals surface area contributed by atoms with Gasteiger partial charge < -0.3 is 23.4 Å². The summed E-state index contributed by atoms with van der Waals surface area (Å²) in [5.41, 5.74) is 1.53. The van der Waals surface area contributed by atoms with Crippen molar-refractivity contribution in [2.24, 2.45) is 5.92 Å². The van der Waals surface area contributed by atoms with Crippen molar-refractivity contribution in [1.82, 2.24) is 0 Å². The maximum absolute atomic E-state index is 4.62. The summed E-state index contributed by atoms with van der Waals surface area (Å²) in [5.74, 6) is 0.629. The maximum atomic E-state index is 4.62. The molecular weight excluding hydrogens is 449 g/mol. The second kappa shape index (κ2) is 24.5. The molecule has 0 bridgehead atoms. The van der Waals surface area contributed by atoms with Crippen LogP contribution in [0.25, 0.3) is 16.0 Å². The molecule has 0 radical (unpaired) electrons. The summed E-state index contributed by atoms with van der Waals surface area (Å²) in [6.07, 6.45) is 8.89. The third kappa shape index (κ3) is 22.2. The Bertz CT molecular complexity index is 257. The molecule has 0 amide bonds. The maximum Gasteiger partial charge on any atom is 4.00 e. The smallest absolute Gasteiger partial charge is 0.665 e. The summed E-state index contributed by atoms with van der Waals surface area (Å²) in [4.78, 5) is 0. The van der Waals surface area contributed by atoms with Gasteiger partial charge in [-0.2, -0.15) is 27.2 Å². The second-order valence-electron chi connectivity index (χ2n) is 5.16. The Kier molecular flexibility index (Phi) is 33.0. The van der Waals surface area contributed by atoms with Crippen molar-refractivity contribution < 1.29 is 25.8 Å². The first kappa shape index (κ1) is 31.0. The van der Waals surface area contributed by atoms with E-state index in [1.54, 1.807) is 14.1 Å². The molecule has 0 fully saturated rings. The number of rotatable bonds is 7. The van der Waals surface area contributed by atoms with Gasteiger partial charge in [0.05, 0.1) is 0 Å². The van der Waals surface area contributed by atoms with Crippen LogP contribution in [0.15, 0.2) is 23.8 Å².